The lowest BCUT2D eigenvalue weighted by molar-refractivity contribution is 0.168. The van der Waals surface area contributed by atoms with E-state index in [0.29, 0.717) is 0 Å². The van der Waals surface area contributed by atoms with Gasteiger partial charge in [-0.15, -0.1) is 11.3 Å². The van der Waals surface area contributed by atoms with Crippen LogP contribution in [0.3, 0.4) is 0 Å². The molecule has 1 aliphatic rings. The summed E-state index contributed by atoms with van der Waals surface area (Å²) in [4.78, 5) is 2.67. The molecule has 1 aliphatic heterocycles. The number of thioether (sulfide) groups is 1. The number of hydrogen-bond acceptors (Lipinski definition) is 3. The number of thiophene rings is 1. The quantitative estimate of drug-likeness (QED) is 0.871. The maximum absolute atomic E-state index is 10.4. The maximum Gasteiger partial charge on any atom is 0.0882 e. The SMILES string of the molecule is OC(CCCc1ccccc1)c1cc2c(s1)CCSC2. The van der Waals surface area contributed by atoms with E-state index in [-0.39, 0.29) is 6.10 Å². The van der Waals surface area contributed by atoms with Crippen molar-refractivity contribution in [3.63, 3.8) is 0 Å². The van der Waals surface area contributed by atoms with Crippen LogP contribution in [0.15, 0.2) is 36.4 Å². The van der Waals surface area contributed by atoms with Crippen LogP contribution < -0.4 is 0 Å². The summed E-state index contributed by atoms with van der Waals surface area (Å²) in [6, 6.07) is 12.8. The van der Waals surface area contributed by atoms with Crippen LogP contribution in [-0.2, 0) is 18.6 Å². The fraction of sp³-hybridized carbons (Fsp3) is 0.412. The Morgan fingerprint density at radius 2 is 2.05 bits per heavy atom. The van der Waals surface area contributed by atoms with E-state index < -0.39 is 0 Å². The van der Waals surface area contributed by atoms with E-state index in [2.05, 4.69) is 30.3 Å². The number of benzene rings is 1. The predicted octanol–water partition coefficient (Wildman–Crippen LogP) is 4.59. The highest BCUT2D eigenvalue weighted by Crippen LogP contribution is 2.35. The number of aryl methyl sites for hydroxylation is 2. The van der Waals surface area contributed by atoms with Crippen LogP contribution in [0.4, 0.5) is 0 Å². The van der Waals surface area contributed by atoms with Gasteiger partial charge in [-0.3, -0.25) is 0 Å². The molecule has 0 amide bonds. The van der Waals surface area contributed by atoms with Crippen molar-refractivity contribution in [2.75, 3.05) is 5.75 Å². The molecule has 106 valence electrons. The summed E-state index contributed by atoms with van der Waals surface area (Å²) in [7, 11) is 0. The fourth-order valence-corrected chi connectivity index (χ4v) is 5.02. The first kappa shape index (κ1) is 14.2. The second kappa shape index (κ2) is 6.79. The molecule has 2 heterocycles. The lowest BCUT2D eigenvalue weighted by Crippen LogP contribution is -1.96. The molecule has 1 aromatic carbocycles. The highest BCUT2D eigenvalue weighted by atomic mass is 32.2. The van der Waals surface area contributed by atoms with Gasteiger partial charge in [-0.25, -0.2) is 0 Å². The summed E-state index contributed by atoms with van der Waals surface area (Å²) >= 11 is 3.83. The molecule has 3 rings (SSSR count). The monoisotopic (exact) mass is 304 g/mol. The first-order valence-corrected chi connectivity index (χ1v) is 9.21. The minimum Gasteiger partial charge on any atom is -0.388 e. The average Bonchev–Trinajstić information content (AvgIpc) is 2.92. The Hall–Kier alpha value is -0.770. The Balaban J connectivity index is 1.54. The number of hydrogen-bond donors (Lipinski definition) is 1. The van der Waals surface area contributed by atoms with Crippen molar-refractivity contribution >= 4 is 23.1 Å². The maximum atomic E-state index is 10.4. The molecule has 0 saturated carbocycles. The van der Waals surface area contributed by atoms with Crippen LogP contribution in [0, 0.1) is 0 Å². The minimum absolute atomic E-state index is 0.278. The predicted molar refractivity (Wildman–Crippen MR) is 88.5 cm³/mol. The van der Waals surface area contributed by atoms with Crippen molar-refractivity contribution < 1.29 is 5.11 Å². The van der Waals surface area contributed by atoms with Gasteiger partial charge in [0, 0.05) is 15.5 Å². The molecule has 1 atom stereocenters. The molecule has 1 nitrogen and oxygen atoms in total. The molecule has 1 unspecified atom stereocenters. The van der Waals surface area contributed by atoms with Gasteiger partial charge >= 0.3 is 0 Å². The van der Waals surface area contributed by atoms with Crippen molar-refractivity contribution in [2.24, 2.45) is 0 Å². The normalized spacial score (nSPS) is 15.8. The van der Waals surface area contributed by atoms with Gasteiger partial charge in [0.2, 0.25) is 0 Å². The van der Waals surface area contributed by atoms with E-state index in [1.165, 1.54) is 33.1 Å². The molecule has 20 heavy (non-hydrogen) atoms. The topological polar surface area (TPSA) is 20.2 Å². The number of fused-ring (bicyclic) bond motifs is 1. The summed E-state index contributed by atoms with van der Waals surface area (Å²) in [6.07, 6.45) is 3.86. The van der Waals surface area contributed by atoms with Gasteiger partial charge in [-0.1, -0.05) is 30.3 Å². The highest BCUT2D eigenvalue weighted by Gasteiger charge is 2.17. The molecule has 1 N–H and O–H groups in total. The zero-order valence-corrected chi connectivity index (χ0v) is 13.2. The lowest BCUT2D eigenvalue weighted by Gasteiger charge is -2.08. The van der Waals surface area contributed by atoms with E-state index in [9.17, 15) is 5.11 Å². The van der Waals surface area contributed by atoms with Gasteiger partial charge in [0.1, 0.15) is 0 Å². The Kier molecular flexibility index (Phi) is 4.81. The lowest BCUT2D eigenvalue weighted by atomic mass is 10.0. The van der Waals surface area contributed by atoms with Crippen molar-refractivity contribution in [1.29, 1.82) is 0 Å². The van der Waals surface area contributed by atoms with Gasteiger partial charge in [0.25, 0.3) is 0 Å². The fourth-order valence-electron chi connectivity index (χ4n) is 2.62. The largest absolute Gasteiger partial charge is 0.388 e. The summed E-state index contributed by atoms with van der Waals surface area (Å²) in [6.45, 7) is 0. The van der Waals surface area contributed by atoms with Gasteiger partial charge in [0.15, 0.2) is 0 Å². The first-order valence-electron chi connectivity index (χ1n) is 7.24. The van der Waals surface area contributed by atoms with Crippen LogP contribution in [0.1, 0.15) is 39.8 Å². The van der Waals surface area contributed by atoms with E-state index in [0.717, 1.165) is 25.0 Å². The smallest absolute Gasteiger partial charge is 0.0882 e. The summed E-state index contributed by atoms with van der Waals surface area (Å²) in [5.41, 5.74) is 2.82. The molecule has 0 bridgehead atoms. The van der Waals surface area contributed by atoms with Gasteiger partial charge in [-0.05, 0) is 48.6 Å². The van der Waals surface area contributed by atoms with Gasteiger partial charge in [-0.2, -0.15) is 11.8 Å². The molecule has 3 heteroatoms. The van der Waals surface area contributed by atoms with Crippen molar-refractivity contribution in [1.82, 2.24) is 0 Å². The first-order chi connectivity index (χ1) is 9.83. The third-order valence-corrected chi connectivity index (χ3v) is 6.11. The van der Waals surface area contributed by atoms with Crippen LogP contribution in [0.25, 0.3) is 0 Å². The number of rotatable bonds is 5. The summed E-state index contributed by atoms with van der Waals surface area (Å²) < 4.78 is 0. The van der Waals surface area contributed by atoms with Crippen LogP contribution in [0.5, 0.6) is 0 Å². The minimum atomic E-state index is -0.278. The average molecular weight is 304 g/mol. The molecular formula is C17H20OS2. The second-order valence-corrected chi connectivity index (χ2v) is 7.57. The summed E-state index contributed by atoms with van der Waals surface area (Å²) in [5.74, 6) is 2.36. The Bertz CT molecular complexity index is 524. The van der Waals surface area contributed by atoms with Crippen LogP contribution >= 0.6 is 23.1 Å². The second-order valence-electron chi connectivity index (χ2n) is 5.29. The third-order valence-electron chi connectivity index (χ3n) is 3.76. The Labute approximate surface area is 129 Å². The molecule has 0 saturated heterocycles. The molecule has 0 spiro atoms. The molecule has 0 aliphatic carbocycles. The third kappa shape index (κ3) is 3.46. The zero-order valence-electron chi connectivity index (χ0n) is 11.5. The molecule has 0 fully saturated rings. The van der Waals surface area contributed by atoms with E-state index >= 15 is 0 Å². The Morgan fingerprint density at radius 3 is 2.85 bits per heavy atom. The van der Waals surface area contributed by atoms with Crippen LogP contribution in [-0.4, -0.2) is 10.9 Å². The van der Waals surface area contributed by atoms with Crippen molar-refractivity contribution in [2.45, 2.75) is 37.5 Å². The molecule has 2 aromatic rings. The standard InChI is InChI=1S/C17H20OS2/c18-15(8-4-7-13-5-2-1-3-6-13)17-11-14-12-19-10-9-16(14)20-17/h1-3,5-6,11,15,18H,4,7-10,12H2. The molecule has 0 radical (unpaired) electrons. The van der Waals surface area contributed by atoms with E-state index in [1.807, 2.05) is 29.2 Å². The molecule has 1 aromatic heterocycles. The number of aliphatic hydroxyl groups is 1. The van der Waals surface area contributed by atoms with Gasteiger partial charge in [0.05, 0.1) is 6.10 Å². The Morgan fingerprint density at radius 1 is 1.20 bits per heavy atom. The number of aliphatic hydroxyl groups excluding tert-OH is 1. The summed E-state index contributed by atoms with van der Waals surface area (Å²) in [5, 5.41) is 10.4. The van der Waals surface area contributed by atoms with Crippen LogP contribution in [0.2, 0.25) is 0 Å². The van der Waals surface area contributed by atoms with Gasteiger partial charge < -0.3 is 5.11 Å². The van der Waals surface area contributed by atoms with E-state index in [1.54, 1.807) is 0 Å². The molecular weight excluding hydrogens is 284 g/mol. The van der Waals surface area contributed by atoms with E-state index in [4.69, 9.17) is 0 Å². The zero-order chi connectivity index (χ0) is 13.8. The highest BCUT2D eigenvalue weighted by molar-refractivity contribution is 7.98. The van der Waals surface area contributed by atoms with Crippen molar-refractivity contribution in [3.8, 4) is 0 Å². The van der Waals surface area contributed by atoms with Crippen molar-refractivity contribution in [3.05, 3.63) is 57.3 Å².